The number of carboxylic acids is 1. The molecule has 6 heteroatoms. The van der Waals surface area contributed by atoms with Crippen LogP contribution in [0.25, 0.3) is 0 Å². The van der Waals surface area contributed by atoms with Gasteiger partial charge in [-0.05, 0) is 30.4 Å². The second kappa shape index (κ2) is 7.65. The molecule has 2 atom stereocenters. The van der Waals surface area contributed by atoms with Gasteiger partial charge in [0.25, 0.3) is 5.91 Å². The zero-order valence-electron chi connectivity index (χ0n) is 12.8. The molecule has 0 saturated carbocycles. The Kier molecular flexibility index (Phi) is 5.85. The molecule has 2 rings (SSSR count). The molecule has 5 nitrogen and oxygen atoms in total. The number of morpholine rings is 1. The first kappa shape index (κ1) is 16.8. The van der Waals surface area contributed by atoms with Crippen LogP contribution in [0.4, 0.5) is 0 Å². The summed E-state index contributed by atoms with van der Waals surface area (Å²) in [6.45, 7) is 4.39. The van der Waals surface area contributed by atoms with E-state index in [-0.39, 0.29) is 18.6 Å². The van der Waals surface area contributed by atoms with Crippen LogP contribution in [-0.4, -0.2) is 52.9 Å². The standard InChI is InChI=1S/C16H21NO4S/c1-3-22-10-12-4-6-13(7-5-12)15(18)17-8-11(2)21-14(9-17)16(19)20/h4-7,11,14H,3,8-10H2,1-2H3,(H,19,20)/t11-,14?/m1/s1. The largest absolute Gasteiger partial charge is 0.479 e. The van der Waals surface area contributed by atoms with Crippen LogP contribution in [-0.2, 0) is 15.3 Å². The van der Waals surface area contributed by atoms with Gasteiger partial charge in [-0.15, -0.1) is 0 Å². The minimum atomic E-state index is -1.03. The highest BCUT2D eigenvalue weighted by atomic mass is 32.2. The van der Waals surface area contributed by atoms with Gasteiger partial charge in [-0.3, -0.25) is 4.79 Å². The van der Waals surface area contributed by atoms with E-state index in [9.17, 15) is 9.59 Å². The molecule has 1 saturated heterocycles. The summed E-state index contributed by atoms with van der Waals surface area (Å²) in [5.41, 5.74) is 1.77. The lowest BCUT2D eigenvalue weighted by atomic mass is 10.1. The number of thioether (sulfide) groups is 1. The molecule has 0 spiro atoms. The predicted molar refractivity (Wildman–Crippen MR) is 86.2 cm³/mol. The number of hydrogen-bond donors (Lipinski definition) is 1. The van der Waals surface area contributed by atoms with Crippen LogP contribution in [0.2, 0.25) is 0 Å². The zero-order chi connectivity index (χ0) is 16.1. The third-order valence-corrected chi connectivity index (χ3v) is 4.44. The van der Waals surface area contributed by atoms with Crippen LogP contribution in [0.15, 0.2) is 24.3 Å². The van der Waals surface area contributed by atoms with Crippen LogP contribution >= 0.6 is 11.8 Å². The van der Waals surface area contributed by atoms with Crippen molar-refractivity contribution in [3.05, 3.63) is 35.4 Å². The van der Waals surface area contributed by atoms with Gasteiger partial charge in [0.05, 0.1) is 12.6 Å². The molecule has 0 aliphatic carbocycles. The van der Waals surface area contributed by atoms with E-state index in [4.69, 9.17) is 9.84 Å². The Labute approximate surface area is 134 Å². The molecule has 22 heavy (non-hydrogen) atoms. The Hall–Kier alpha value is -1.53. The van der Waals surface area contributed by atoms with Crippen molar-refractivity contribution in [3.8, 4) is 0 Å². The highest BCUT2D eigenvalue weighted by molar-refractivity contribution is 7.98. The molecule has 1 fully saturated rings. The van der Waals surface area contributed by atoms with E-state index in [1.807, 2.05) is 36.0 Å². The zero-order valence-corrected chi connectivity index (χ0v) is 13.6. The Bertz CT molecular complexity index is 531. The van der Waals surface area contributed by atoms with Crippen LogP contribution in [0.1, 0.15) is 29.8 Å². The maximum atomic E-state index is 12.5. The first-order valence-corrected chi connectivity index (χ1v) is 8.51. The van der Waals surface area contributed by atoms with Crippen molar-refractivity contribution >= 4 is 23.6 Å². The fraction of sp³-hybridized carbons (Fsp3) is 0.500. The van der Waals surface area contributed by atoms with Crippen LogP contribution in [0.5, 0.6) is 0 Å². The molecule has 0 bridgehead atoms. The molecule has 1 unspecified atom stereocenters. The van der Waals surface area contributed by atoms with Crippen molar-refractivity contribution in [3.63, 3.8) is 0 Å². The van der Waals surface area contributed by atoms with Crippen molar-refractivity contribution in [1.29, 1.82) is 0 Å². The fourth-order valence-corrected chi connectivity index (χ4v) is 3.03. The van der Waals surface area contributed by atoms with Gasteiger partial charge in [-0.2, -0.15) is 11.8 Å². The van der Waals surface area contributed by atoms with Crippen LogP contribution in [0, 0.1) is 0 Å². The second-order valence-corrected chi connectivity index (χ2v) is 6.59. The number of nitrogens with zero attached hydrogens (tertiary/aromatic N) is 1. The quantitative estimate of drug-likeness (QED) is 0.900. The third kappa shape index (κ3) is 4.24. The maximum absolute atomic E-state index is 12.5. The molecule has 1 aliphatic heterocycles. The highest BCUT2D eigenvalue weighted by Crippen LogP contribution is 2.17. The van der Waals surface area contributed by atoms with Crippen LogP contribution in [0.3, 0.4) is 0 Å². The number of carbonyl (C=O) groups is 2. The lowest BCUT2D eigenvalue weighted by molar-refractivity contribution is -0.160. The predicted octanol–water partition coefficient (Wildman–Crippen LogP) is 2.25. The summed E-state index contributed by atoms with van der Waals surface area (Å²) in [5.74, 6) is 0.816. The van der Waals surface area contributed by atoms with Crippen molar-refractivity contribution in [1.82, 2.24) is 4.90 Å². The summed E-state index contributed by atoms with van der Waals surface area (Å²) in [7, 11) is 0. The summed E-state index contributed by atoms with van der Waals surface area (Å²) in [6, 6.07) is 7.52. The molecule has 1 aromatic carbocycles. The van der Waals surface area contributed by atoms with Crippen molar-refractivity contribution < 1.29 is 19.4 Å². The van der Waals surface area contributed by atoms with Crippen molar-refractivity contribution in [2.75, 3.05) is 18.8 Å². The van der Waals surface area contributed by atoms with E-state index in [1.54, 1.807) is 11.8 Å². The monoisotopic (exact) mass is 323 g/mol. The molecule has 1 aromatic rings. The lowest BCUT2D eigenvalue weighted by Crippen LogP contribution is -2.51. The maximum Gasteiger partial charge on any atom is 0.334 e. The van der Waals surface area contributed by atoms with Gasteiger partial charge >= 0.3 is 5.97 Å². The first-order valence-electron chi connectivity index (χ1n) is 7.35. The number of amides is 1. The van der Waals surface area contributed by atoms with Crippen LogP contribution < -0.4 is 0 Å². The minimum absolute atomic E-state index is 0.0892. The number of carboxylic acid groups (broad SMARTS) is 1. The fourth-order valence-electron chi connectivity index (χ4n) is 2.40. The Balaban J connectivity index is 2.05. The Morgan fingerprint density at radius 2 is 2.00 bits per heavy atom. The molecule has 0 aromatic heterocycles. The van der Waals surface area contributed by atoms with Crippen molar-refractivity contribution in [2.45, 2.75) is 31.8 Å². The SMILES string of the molecule is CCSCc1ccc(C(=O)N2CC(C(=O)O)O[C@H](C)C2)cc1. The number of carbonyl (C=O) groups excluding carboxylic acids is 1. The molecule has 0 radical (unpaired) electrons. The number of rotatable bonds is 5. The molecule has 1 aliphatic rings. The average Bonchev–Trinajstić information content (AvgIpc) is 2.52. The average molecular weight is 323 g/mol. The van der Waals surface area contributed by atoms with E-state index in [2.05, 4.69) is 6.92 Å². The van der Waals surface area contributed by atoms with Gasteiger partial charge in [0, 0.05) is 17.9 Å². The summed E-state index contributed by atoms with van der Waals surface area (Å²) >= 11 is 1.83. The van der Waals surface area contributed by atoms with Gasteiger partial charge in [-0.1, -0.05) is 19.1 Å². The highest BCUT2D eigenvalue weighted by Gasteiger charge is 2.32. The third-order valence-electron chi connectivity index (χ3n) is 3.50. The summed E-state index contributed by atoms with van der Waals surface area (Å²) in [5, 5.41) is 9.08. The van der Waals surface area contributed by atoms with E-state index in [0.29, 0.717) is 12.1 Å². The van der Waals surface area contributed by atoms with E-state index < -0.39 is 12.1 Å². The summed E-state index contributed by atoms with van der Waals surface area (Å²) in [4.78, 5) is 25.2. The molecule has 1 N–H and O–H groups in total. The Morgan fingerprint density at radius 1 is 1.32 bits per heavy atom. The molecular formula is C16H21NO4S. The Morgan fingerprint density at radius 3 is 2.59 bits per heavy atom. The normalized spacial score (nSPS) is 21.6. The first-order chi connectivity index (χ1) is 10.5. The van der Waals surface area contributed by atoms with Gasteiger partial charge in [0.2, 0.25) is 0 Å². The molecule has 120 valence electrons. The number of hydrogen-bond acceptors (Lipinski definition) is 4. The lowest BCUT2D eigenvalue weighted by Gasteiger charge is -2.35. The number of aliphatic carboxylic acids is 1. The van der Waals surface area contributed by atoms with Crippen molar-refractivity contribution in [2.24, 2.45) is 0 Å². The smallest absolute Gasteiger partial charge is 0.334 e. The van der Waals surface area contributed by atoms with Gasteiger partial charge in [0.1, 0.15) is 0 Å². The van der Waals surface area contributed by atoms with Gasteiger partial charge < -0.3 is 14.7 Å². The van der Waals surface area contributed by atoms with E-state index in [1.165, 1.54) is 5.56 Å². The molecular weight excluding hydrogens is 302 g/mol. The second-order valence-electron chi connectivity index (χ2n) is 5.32. The van der Waals surface area contributed by atoms with Gasteiger partial charge in [0.15, 0.2) is 6.10 Å². The van der Waals surface area contributed by atoms with E-state index >= 15 is 0 Å². The molecule has 1 heterocycles. The number of ether oxygens (including phenoxy) is 1. The van der Waals surface area contributed by atoms with Gasteiger partial charge in [-0.25, -0.2) is 4.79 Å². The molecule has 1 amide bonds. The summed E-state index contributed by atoms with van der Waals surface area (Å²) < 4.78 is 5.33. The van der Waals surface area contributed by atoms with E-state index in [0.717, 1.165) is 11.5 Å². The number of benzene rings is 1. The summed E-state index contributed by atoms with van der Waals surface area (Å²) in [6.07, 6.45) is -1.23. The minimum Gasteiger partial charge on any atom is -0.479 e. The topological polar surface area (TPSA) is 66.8 Å².